The van der Waals surface area contributed by atoms with Crippen molar-refractivity contribution >= 4 is 35.4 Å². The van der Waals surface area contributed by atoms with E-state index in [0.717, 1.165) is 5.56 Å². The molecule has 0 aliphatic carbocycles. The van der Waals surface area contributed by atoms with E-state index in [1.54, 1.807) is 36.4 Å². The summed E-state index contributed by atoms with van der Waals surface area (Å²) in [5.74, 6) is -3.65. The number of rotatable bonds is 16. The fraction of sp³-hybridized carbons (Fsp3) is 0.400. The number of carbonyl (C=O) groups is 6. The maximum atomic E-state index is 13.1. The van der Waals surface area contributed by atoms with Gasteiger partial charge in [-0.2, -0.15) is 0 Å². The van der Waals surface area contributed by atoms with Crippen LogP contribution < -0.4 is 38.5 Å². The molecule has 0 fully saturated rings. The Balaban J connectivity index is 1.94. The fourth-order valence-electron chi connectivity index (χ4n) is 4.15. The minimum absolute atomic E-state index is 0.0852. The summed E-state index contributed by atoms with van der Waals surface area (Å²) >= 11 is 0. The van der Waals surface area contributed by atoms with Crippen LogP contribution in [0.5, 0.6) is 0 Å². The third-order valence-electron chi connectivity index (χ3n) is 6.51. The van der Waals surface area contributed by atoms with Crippen molar-refractivity contribution in [2.45, 2.75) is 64.2 Å². The minimum atomic E-state index is -1.05. The first-order valence-electron chi connectivity index (χ1n) is 13.9. The van der Waals surface area contributed by atoms with Gasteiger partial charge in [-0.3, -0.25) is 28.8 Å². The molecule has 0 heterocycles. The molecule has 0 saturated carbocycles. The SMILES string of the molecule is CC(C)C[C@H](NC(=O)[C@H](Cc1ccccc1)NC(=O)CNC(=O)[C@H](C)NC(=O)[C@@H](N)Cc1ccc(C(N)=O)cc1)C(N)=O. The predicted molar refractivity (Wildman–Crippen MR) is 160 cm³/mol. The highest BCUT2D eigenvalue weighted by Crippen LogP contribution is 2.08. The molecular weight excluding hydrogens is 554 g/mol. The lowest BCUT2D eigenvalue weighted by molar-refractivity contribution is -0.132. The third-order valence-corrected chi connectivity index (χ3v) is 6.51. The largest absolute Gasteiger partial charge is 0.368 e. The average Bonchev–Trinajstić information content (AvgIpc) is 2.95. The van der Waals surface area contributed by atoms with Crippen LogP contribution in [0.15, 0.2) is 54.6 Å². The lowest BCUT2D eigenvalue weighted by Gasteiger charge is -2.23. The lowest BCUT2D eigenvalue weighted by atomic mass is 10.0. The van der Waals surface area contributed by atoms with Crippen LogP contribution in [0, 0.1) is 5.92 Å². The van der Waals surface area contributed by atoms with Crippen molar-refractivity contribution < 1.29 is 28.8 Å². The first-order chi connectivity index (χ1) is 20.3. The normalized spacial score (nSPS) is 13.6. The molecule has 2 aromatic carbocycles. The van der Waals surface area contributed by atoms with Gasteiger partial charge in [0.2, 0.25) is 35.4 Å². The lowest BCUT2D eigenvalue weighted by Crippen LogP contribution is -2.56. The standard InChI is InChI=1S/C30H41N7O6/c1-17(2)13-23(27(33)40)37-30(43)24(15-19-7-5-4-6-8-19)36-25(38)16-34-28(41)18(3)35-29(42)22(31)14-20-9-11-21(12-10-20)26(32)39/h4-12,17-18,22-24H,13-16,31H2,1-3H3,(H2,32,39)(H2,33,40)(H,34,41)(H,35,42)(H,36,38)(H,37,43)/t18-,22-,23-,24-/m0/s1. The number of benzene rings is 2. The molecule has 0 spiro atoms. The topological polar surface area (TPSA) is 229 Å². The summed E-state index contributed by atoms with van der Waals surface area (Å²) in [7, 11) is 0. The van der Waals surface area contributed by atoms with Gasteiger partial charge in [-0.25, -0.2) is 0 Å². The number of nitrogens with one attached hydrogen (secondary N) is 4. The molecule has 232 valence electrons. The third kappa shape index (κ3) is 11.9. The molecule has 10 N–H and O–H groups in total. The molecule has 6 amide bonds. The van der Waals surface area contributed by atoms with E-state index in [2.05, 4.69) is 21.3 Å². The van der Waals surface area contributed by atoms with Crippen molar-refractivity contribution in [1.82, 2.24) is 21.3 Å². The zero-order chi connectivity index (χ0) is 32.1. The zero-order valence-corrected chi connectivity index (χ0v) is 24.6. The maximum Gasteiger partial charge on any atom is 0.248 e. The summed E-state index contributed by atoms with van der Waals surface area (Å²) in [4.78, 5) is 74.0. The van der Waals surface area contributed by atoms with E-state index in [-0.39, 0.29) is 18.8 Å². The van der Waals surface area contributed by atoms with Gasteiger partial charge in [0.25, 0.3) is 0 Å². The van der Waals surface area contributed by atoms with Crippen LogP contribution in [0.2, 0.25) is 0 Å². The number of primary amides is 2. The average molecular weight is 596 g/mol. The van der Waals surface area contributed by atoms with Gasteiger partial charge < -0.3 is 38.5 Å². The molecule has 0 aliphatic heterocycles. The Morgan fingerprint density at radius 3 is 1.86 bits per heavy atom. The molecule has 0 radical (unpaired) electrons. The molecule has 0 saturated heterocycles. The van der Waals surface area contributed by atoms with Gasteiger partial charge in [0.05, 0.1) is 12.6 Å². The number of amides is 6. The maximum absolute atomic E-state index is 13.1. The molecule has 0 aliphatic rings. The highest BCUT2D eigenvalue weighted by Gasteiger charge is 2.27. The molecular formula is C30H41N7O6. The Morgan fingerprint density at radius 2 is 1.30 bits per heavy atom. The van der Waals surface area contributed by atoms with E-state index in [0.29, 0.717) is 17.5 Å². The van der Waals surface area contributed by atoms with Gasteiger partial charge in [0, 0.05) is 12.0 Å². The molecule has 0 unspecified atom stereocenters. The highest BCUT2D eigenvalue weighted by molar-refractivity contribution is 5.94. The van der Waals surface area contributed by atoms with E-state index in [4.69, 9.17) is 17.2 Å². The van der Waals surface area contributed by atoms with Crippen molar-refractivity contribution in [2.24, 2.45) is 23.1 Å². The molecule has 0 bridgehead atoms. The quantitative estimate of drug-likeness (QED) is 0.128. The second kappa shape index (κ2) is 16.6. The van der Waals surface area contributed by atoms with Gasteiger partial charge in [-0.05, 0) is 48.9 Å². The second-order valence-electron chi connectivity index (χ2n) is 10.7. The second-order valence-corrected chi connectivity index (χ2v) is 10.7. The van der Waals surface area contributed by atoms with Crippen LogP contribution in [0.25, 0.3) is 0 Å². The first-order valence-corrected chi connectivity index (χ1v) is 13.9. The summed E-state index contributed by atoms with van der Waals surface area (Å²) in [6.45, 7) is 4.73. The van der Waals surface area contributed by atoms with Gasteiger partial charge in [0.15, 0.2) is 0 Å². The number of hydrogen-bond acceptors (Lipinski definition) is 7. The van der Waals surface area contributed by atoms with Crippen LogP contribution in [0.4, 0.5) is 0 Å². The molecule has 13 nitrogen and oxygen atoms in total. The molecule has 13 heteroatoms. The number of hydrogen-bond donors (Lipinski definition) is 7. The van der Waals surface area contributed by atoms with Crippen LogP contribution in [0.3, 0.4) is 0 Å². The summed E-state index contributed by atoms with van der Waals surface area (Å²) in [5, 5.41) is 10.2. The Morgan fingerprint density at radius 1 is 0.698 bits per heavy atom. The fourth-order valence-corrected chi connectivity index (χ4v) is 4.15. The van der Waals surface area contributed by atoms with Crippen LogP contribution in [-0.4, -0.2) is 66.2 Å². The van der Waals surface area contributed by atoms with E-state index >= 15 is 0 Å². The van der Waals surface area contributed by atoms with E-state index in [9.17, 15) is 28.8 Å². The van der Waals surface area contributed by atoms with Crippen LogP contribution in [0.1, 0.15) is 48.7 Å². The van der Waals surface area contributed by atoms with E-state index < -0.39 is 66.2 Å². The van der Waals surface area contributed by atoms with E-state index in [1.165, 1.54) is 19.1 Å². The number of carbonyl (C=O) groups excluding carboxylic acids is 6. The molecule has 2 aromatic rings. The van der Waals surface area contributed by atoms with Crippen LogP contribution >= 0.6 is 0 Å². The van der Waals surface area contributed by atoms with Gasteiger partial charge in [-0.15, -0.1) is 0 Å². The number of nitrogens with two attached hydrogens (primary N) is 3. The van der Waals surface area contributed by atoms with Crippen LogP contribution in [-0.2, 0) is 36.8 Å². The highest BCUT2D eigenvalue weighted by atomic mass is 16.2. The Bertz CT molecular complexity index is 1280. The van der Waals surface area contributed by atoms with Crippen molar-refractivity contribution in [1.29, 1.82) is 0 Å². The van der Waals surface area contributed by atoms with Crippen molar-refractivity contribution in [2.75, 3.05) is 6.54 Å². The van der Waals surface area contributed by atoms with Gasteiger partial charge in [-0.1, -0.05) is 56.3 Å². The van der Waals surface area contributed by atoms with E-state index in [1.807, 2.05) is 19.9 Å². The molecule has 2 rings (SSSR count). The van der Waals surface area contributed by atoms with Crippen molar-refractivity contribution in [3.63, 3.8) is 0 Å². The summed E-state index contributed by atoms with van der Waals surface area (Å²) in [5.41, 5.74) is 18.5. The zero-order valence-electron chi connectivity index (χ0n) is 24.6. The summed E-state index contributed by atoms with van der Waals surface area (Å²) in [6, 6.07) is 11.3. The Labute approximate surface area is 250 Å². The smallest absolute Gasteiger partial charge is 0.248 e. The van der Waals surface area contributed by atoms with Crippen molar-refractivity contribution in [3.05, 3.63) is 71.3 Å². The Kier molecular flexibility index (Phi) is 13.3. The summed E-state index contributed by atoms with van der Waals surface area (Å²) in [6.07, 6.45) is 0.618. The summed E-state index contributed by atoms with van der Waals surface area (Å²) < 4.78 is 0. The monoisotopic (exact) mass is 595 g/mol. The molecule has 0 aromatic heterocycles. The Hall–Kier alpha value is -4.78. The molecule has 43 heavy (non-hydrogen) atoms. The van der Waals surface area contributed by atoms with Gasteiger partial charge in [0.1, 0.15) is 18.1 Å². The van der Waals surface area contributed by atoms with Crippen molar-refractivity contribution in [3.8, 4) is 0 Å². The first kappa shape index (κ1) is 34.4. The minimum Gasteiger partial charge on any atom is -0.368 e. The predicted octanol–water partition coefficient (Wildman–Crippen LogP) is -0.980. The van der Waals surface area contributed by atoms with Gasteiger partial charge >= 0.3 is 0 Å². The molecule has 4 atom stereocenters.